The Hall–Kier alpha value is -4.54. The number of hydrogen-bond acceptors (Lipinski definition) is 8. The highest BCUT2D eigenvalue weighted by Gasteiger charge is 2.25. The zero-order valence-electron chi connectivity index (χ0n) is 20.0. The Bertz CT molecular complexity index is 1560. The maximum Gasteiger partial charge on any atom is 0.282 e. The molecule has 0 bridgehead atoms. The number of rotatable bonds is 6. The maximum atomic E-state index is 13.7. The van der Waals surface area contributed by atoms with E-state index in [0.29, 0.717) is 35.0 Å². The molecule has 0 saturated carbocycles. The number of nitrogens with one attached hydrogen (secondary N) is 1. The van der Waals surface area contributed by atoms with Gasteiger partial charge < -0.3 is 11.1 Å². The molecule has 0 aliphatic carbocycles. The molecule has 0 spiro atoms. The molecule has 11 nitrogen and oxygen atoms in total. The molecule has 0 radical (unpaired) electrons. The van der Waals surface area contributed by atoms with Gasteiger partial charge in [0.15, 0.2) is 11.6 Å². The third-order valence-corrected chi connectivity index (χ3v) is 6.04. The number of nitrogens with zero attached hydrogens (tertiary/aromatic N) is 8. The van der Waals surface area contributed by atoms with E-state index >= 15 is 0 Å². The molecule has 1 atom stereocenters. The van der Waals surface area contributed by atoms with Gasteiger partial charge in [-0.25, -0.2) is 19.5 Å². The van der Waals surface area contributed by atoms with Crippen LogP contribution in [-0.4, -0.2) is 38.9 Å². The summed E-state index contributed by atoms with van der Waals surface area (Å²) in [6, 6.07) is 11.0. The largest absolute Gasteiger partial charge is 0.383 e. The van der Waals surface area contributed by atoms with E-state index in [4.69, 9.17) is 10.8 Å². The molecule has 5 rings (SSSR count). The highest BCUT2D eigenvalue weighted by molar-refractivity contribution is 5.79. The summed E-state index contributed by atoms with van der Waals surface area (Å²) in [6.07, 6.45) is 3.80. The molecule has 35 heavy (non-hydrogen) atoms. The number of anilines is 2. The summed E-state index contributed by atoms with van der Waals surface area (Å²) in [7, 11) is 1.81. The predicted octanol–water partition coefficient (Wildman–Crippen LogP) is 2.83. The summed E-state index contributed by atoms with van der Waals surface area (Å²) in [5, 5.41) is 12.7. The van der Waals surface area contributed by atoms with Crippen molar-refractivity contribution in [3.05, 3.63) is 76.5 Å². The van der Waals surface area contributed by atoms with Gasteiger partial charge in [-0.05, 0) is 44.0 Å². The lowest BCUT2D eigenvalue weighted by molar-refractivity contribution is 0.621. The number of aromatic nitrogens is 8. The lowest BCUT2D eigenvalue weighted by Crippen LogP contribution is -2.30. The predicted molar refractivity (Wildman–Crippen MR) is 133 cm³/mol. The van der Waals surface area contributed by atoms with Crippen LogP contribution in [0, 0.1) is 13.8 Å². The van der Waals surface area contributed by atoms with Crippen molar-refractivity contribution in [2.75, 3.05) is 11.1 Å². The van der Waals surface area contributed by atoms with Crippen LogP contribution in [0.15, 0.2) is 53.7 Å². The summed E-state index contributed by atoms with van der Waals surface area (Å²) >= 11 is 0. The van der Waals surface area contributed by atoms with Gasteiger partial charge in [0.25, 0.3) is 5.56 Å². The Balaban J connectivity index is 1.69. The van der Waals surface area contributed by atoms with Crippen molar-refractivity contribution >= 4 is 17.2 Å². The molecule has 5 aromatic rings. The van der Waals surface area contributed by atoms with Crippen LogP contribution in [0.5, 0.6) is 0 Å². The van der Waals surface area contributed by atoms with Crippen molar-refractivity contribution in [1.82, 2.24) is 38.9 Å². The third kappa shape index (κ3) is 3.80. The van der Waals surface area contributed by atoms with Crippen molar-refractivity contribution in [2.24, 2.45) is 7.05 Å². The molecule has 0 aliphatic heterocycles. The van der Waals surface area contributed by atoms with Gasteiger partial charge in [0.1, 0.15) is 34.9 Å². The van der Waals surface area contributed by atoms with Gasteiger partial charge in [-0.15, -0.1) is 0 Å². The Morgan fingerprint density at radius 3 is 2.54 bits per heavy atom. The quantitative estimate of drug-likeness (QED) is 0.387. The van der Waals surface area contributed by atoms with Gasteiger partial charge in [0.2, 0.25) is 0 Å². The van der Waals surface area contributed by atoms with Crippen molar-refractivity contribution in [3.8, 4) is 17.1 Å². The maximum absolute atomic E-state index is 13.7. The van der Waals surface area contributed by atoms with Crippen LogP contribution >= 0.6 is 0 Å². The van der Waals surface area contributed by atoms with E-state index in [0.717, 1.165) is 17.1 Å². The van der Waals surface area contributed by atoms with E-state index in [1.54, 1.807) is 20.0 Å². The average molecular weight is 471 g/mol. The Morgan fingerprint density at radius 2 is 1.86 bits per heavy atom. The Morgan fingerprint density at radius 1 is 1.09 bits per heavy atom. The first-order chi connectivity index (χ1) is 16.9. The fourth-order valence-electron chi connectivity index (χ4n) is 4.10. The molecule has 4 aromatic heterocycles. The van der Waals surface area contributed by atoms with Gasteiger partial charge in [-0.1, -0.05) is 25.1 Å². The van der Waals surface area contributed by atoms with Gasteiger partial charge in [0.05, 0.1) is 11.7 Å². The molecule has 0 amide bonds. The number of fused-ring (bicyclic) bond motifs is 1. The topological polar surface area (TPSA) is 134 Å². The summed E-state index contributed by atoms with van der Waals surface area (Å²) < 4.78 is 4.95. The van der Waals surface area contributed by atoms with E-state index in [1.807, 2.05) is 64.2 Å². The highest BCUT2D eigenvalue weighted by Crippen LogP contribution is 2.31. The Kier molecular flexibility index (Phi) is 5.51. The number of nitrogen functional groups attached to an aromatic ring is 1. The lowest BCUT2D eigenvalue weighted by atomic mass is 10.1. The normalized spacial score (nSPS) is 12.2. The molecule has 0 aliphatic rings. The summed E-state index contributed by atoms with van der Waals surface area (Å²) in [6.45, 7) is 5.77. The SMILES string of the molecule is CC[C@H](Nc1ncnc(N)c1-c1nc(C)n(C)n1)c1nn2ccc(C)c2c(=O)n1-c1ccccc1. The van der Waals surface area contributed by atoms with Crippen LogP contribution in [0.25, 0.3) is 22.6 Å². The average Bonchev–Trinajstić information content (AvgIpc) is 3.39. The fraction of sp³-hybridized carbons (Fsp3) is 0.250. The van der Waals surface area contributed by atoms with Crippen molar-refractivity contribution in [2.45, 2.75) is 33.2 Å². The number of nitrogens with two attached hydrogens (primary N) is 1. The first-order valence-electron chi connectivity index (χ1n) is 11.3. The second-order valence-electron chi connectivity index (χ2n) is 8.32. The van der Waals surface area contributed by atoms with Crippen LogP contribution in [0.3, 0.4) is 0 Å². The summed E-state index contributed by atoms with van der Waals surface area (Å²) in [5.41, 5.74) is 8.72. The molecule has 0 saturated heterocycles. The van der Waals surface area contributed by atoms with Crippen LogP contribution < -0.4 is 16.6 Å². The lowest BCUT2D eigenvalue weighted by Gasteiger charge is -2.22. The van der Waals surface area contributed by atoms with Crippen LogP contribution in [0.2, 0.25) is 0 Å². The molecule has 11 heteroatoms. The van der Waals surface area contributed by atoms with Gasteiger partial charge in [-0.2, -0.15) is 10.2 Å². The van der Waals surface area contributed by atoms with Crippen LogP contribution in [0.4, 0.5) is 11.6 Å². The zero-order valence-corrected chi connectivity index (χ0v) is 20.0. The minimum Gasteiger partial charge on any atom is -0.383 e. The van der Waals surface area contributed by atoms with Gasteiger partial charge in [0, 0.05) is 13.2 Å². The monoisotopic (exact) mass is 470 g/mol. The summed E-state index contributed by atoms with van der Waals surface area (Å²) in [5.74, 6) is 2.42. The molecular weight excluding hydrogens is 444 g/mol. The molecule has 1 aromatic carbocycles. The van der Waals surface area contributed by atoms with Crippen LogP contribution in [-0.2, 0) is 7.05 Å². The smallest absolute Gasteiger partial charge is 0.282 e. The van der Waals surface area contributed by atoms with E-state index in [1.165, 1.54) is 6.33 Å². The molecule has 178 valence electrons. The first-order valence-corrected chi connectivity index (χ1v) is 11.3. The fourth-order valence-corrected chi connectivity index (χ4v) is 4.10. The third-order valence-electron chi connectivity index (χ3n) is 6.04. The number of para-hydroxylation sites is 1. The molecule has 0 unspecified atom stereocenters. The molecule has 3 N–H and O–H groups in total. The van der Waals surface area contributed by atoms with E-state index in [-0.39, 0.29) is 17.4 Å². The molecule has 4 heterocycles. The second kappa shape index (κ2) is 8.67. The minimum absolute atomic E-state index is 0.145. The number of aryl methyl sites for hydroxylation is 3. The minimum atomic E-state index is -0.382. The highest BCUT2D eigenvalue weighted by atomic mass is 16.1. The zero-order chi connectivity index (χ0) is 24.7. The number of hydrogen-bond donors (Lipinski definition) is 2. The van der Waals surface area contributed by atoms with E-state index in [2.05, 4.69) is 25.4 Å². The molecule has 0 fully saturated rings. The summed E-state index contributed by atoms with van der Waals surface area (Å²) in [4.78, 5) is 26.8. The van der Waals surface area contributed by atoms with Gasteiger partial charge in [-0.3, -0.25) is 14.0 Å². The Labute approximate surface area is 201 Å². The van der Waals surface area contributed by atoms with Crippen molar-refractivity contribution < 1.29 is 0 Å². The standard InChI is InChI=1S/C24H26N10O/c1-5-17(29-21-18(20(25)26-13-27-21)22-28-15(3)32(4)30-22)23-31-33-12-11-14(2)19(33)24(35)34(23)16-9-7-6-8-10-16/h6-13,17H,5H2,1-4H3,(H3,25,26,27,29)/t17-/m0/s1. The van der Waals surface area contributed by atoms with E-state index in [9.17, 15) is 4.79 Å². The van der Waals surface area contributed by atoms with Gasteiger partial charge >= 0.3 is 0 Å². The van der Waals surface area contributed by atoms with E-state index < -0.39 is 0 Å². The number of benzene rings is 1. The molecular formula is C24H26N10O. The van der Waals surface area contributed by atoms with Crippen molar-refractivity contribution in [3.63, 3.8) is 0 Å². The second-order valence-corrected chi connectivity index (χ2v) is 8.32. The van der Waals surface area contributed by atoms with Crippen molar-refractivity contribution in [1.29, 1.82) is 0 Å². The first kappa shape index (κ1) is 22.3. The van der Waals surface area contributed by atoms with Crippen LogP contribution in [0.1, 0.15) is 36.6 Å².